The van der Waals surface area contributed by atoms with Gasteiger partial charge < -0.3 is 10.0 Å². The molecule has 112 valence electrons. The number of likely N-dealkylation sites (tertiary alicyclic amines) is 1. The van der Waals surface area contributed by atoms with Crippen LogP contribution in [0, 0.1) is 5.92 Å². The molecule has 1 fully saturated rings. The minimum absolute atomic E-state index is 0.0570. The first-order valence-corrected chi connectivity index (χ1v) is 7.48. The molecule has 2 aliphatic heterocycles. The molecule has 0 spiro atoms. The summed E-state index contributed by atoms with van der Waals surface area (Å²) >= 11 is 0. The third-order valence-corrected chi connectivity index (χ3v) is 4.67. The Morgan fingerprint density at radius 1 is 1.24 bits per heavy atom. The number of urea groups is 1. The van der Waals surface area contributed by atoms with Crippen LogP contribution in [0.25, 0.3) is 0 Å². The second kappa shape index (κ2) is 5.39. The van der Waals surface area contributed by atoms with Gasteiger partial charge in [-0.25, -0.2) is 4.79 Å². The largest absolute Gasteiger partial charge is 0.481 e. The quantitative estimate of drug-likeness (QED) is 0.863. The molecular weight excluding hydrogens is 268 g/mol. The molecule has 5 heteroatoms. The molecule has 2 aliphatic rings. The first-order chi connectivity index (χ1) is 10.1. The van der Waals surface area contributed by atoms with Crippen LogP contribution in [-0.4, -0.2) is 41.1 Å². The summed E-state index contributed by atoms with van der Waals surface area (Å²) in [6, 6.07) is 7.61. The number of carbonyl (C=O) groups is 2. The molecule has 0 bridgehead atoms. The molecule has 0 aromatic heterocycles. The molecule has 0 radical (unpaired) electrons. The van der Waals surface area contributed by atoms with Crippen LogP contribution in [0.2, 0.25) is 0 Å². The Bertz CT molecular complexity index is 572. The number of carboxylic acids is 1. The normalized spacial score (nSPS) is 24.8. The molecule has 1 N–H and O–H groups in total. The van der Waals surface area contributed by atoms with Crippen LogP contribution in [-0.2, 0) is 11.2 Å². The Morgan fingerprint density at radius 3 is 2.76 bits per heavy atom. The first kappa shape index (κ1) is 13.9. The van der Waals surface area contributed by atoms with Crippen molar-refractivity contribution in [2.45, 2.75) is 32.2 Å². The Hall–Kier alpha value is -2.04. The molecule has 5 nitrogen and oxygen atoms in total. The van der Waals surface area contributed by atoms with E-state index in [-0.39, 0.29) is 12.1 Å². The zero-order valence-corrected chi connectivity index (χ0v) is 12.2. The van der Waals surface area contributed by atoms with Crippen molar-refractivity contribution >= 4 is 17.7 Å². The number of para-hydroxylation sites is 1. The summed E-state index contributed by atoms with van der Waals surface area (Å²) in [7, 11) is 0. The summed E-state index contributed by atoms with van der Waals surface area (Å²) in [5.41, 5.74) is 2.15. The molecule has 2 amide bonds. The lowest BCUT2D eigenvalue weighted by Gasteiger charge is -2.39. The molecule has 21 heavy (non-hydrogen) atoms. The van der Waals surface area contributed by atoms with E-state index in [1.54, 1.807) is 9.80 Å². The van der Waals surface area contributed by atoms with E-state index >= 15 is 0 Å². The fraction of sp³-hybridized carbons (Fsp3) is 0.500. The highest BCUT2D eigenvalue weighted by Gasteiger charge is 2.38. The van der Waals surface area contributed by atoms with Crippen LogP contribution in [0.5, 0.6) is 0 Å². The highest BCUT2D eigenvalue weighted by atomic mass is 16.4. The second-order valence-electron chi connectivity index (χ2n) is 5.83. The van der Waals surface area contributed by atoms with E-state index in [2.05, 4.69) is 0 Å². The summed E-state index contributed by atoms with van der Waals surface area (Å²) < 4.78 is 0. The predicted octanol–water partition coefficient (Wildman–Crippen LogP) is 2.35. The number of benzene rings is 1. The fourth-order valence-electron chi connectivity index (χ4n) is 3.44. The van der Waals surface area contributed by atoms with E-state index in [1.807, 2.05) is 31.2 Å². The molecule has 1 aromatic rings. The second-order valence-corrected chi connectivity index (χ2v) is 5.83. The Labute approximate surface area is 124 Å². The number of piperidine rings is 1. The topological polar surface area (TPSA) is 60.9 Å². The van der Waals surface area contributed by atoms with Crippen molar-refractivity contribution < 1.29 is 14.7 Å². The lowest BCUT2D eigenvalue weighted by molar-refractivity contribution is -0.144. The van der Waals surface area contributed by atoms with Crippen LogP contribution in [0.4, 0.5) is 10.5 Å². The average Bonchev–Trinajstić information content (AvgIpc) is 2.90. The number of carboxylic acid groups (broad SMARTS) is 1. The van der Waals surface area contributed by atoms with Crippen LogP contribution in [0.1, 0.15) is 25.3 Å². The van der Waals surface area contributed by atoms with Crippen LogP contribution in [0.3, 0.4) is 0 Å². The van der Waals surface area contributed by atoms with Crippen molar-refractivity contribution in [2.75, 3.05) is 18.0 Å². The first-order valence-electron chi connectivity index (χ1n) is 7.48. The zero-order chi connectivity index (χ0) is 15.0. The number of hydrogen-bond acceptors (Lipinski definition) is 2. The Balaban J connectivity index is 1.81. The van der Waals surface area contributed by atoms with Gasteiger partial charge in [0, 0.05) is 24.8 Å². The van der Waals surface area contributed by atoms with Gasteiger partial charge in [0.1, 0.15) is 0 Å². The molecule has 2 atom stereocenters. The minimum atomic E-state index is -0.804. The van der Waals surface area contributed by atoms with Gasteiger partial charge >= 0.3 is 12.0 Å². The van der Waals surface area contributed by atoms with Gasteiger partial charge in [0.2, 0.25) is 0 Å². The maximum absolute atomic E-state index is 12.8. The Morgan fingerprint density at radius 2 is 2.00 bits per heavy atom. The third-order valence-electron chi connectivity index (χ3n) is 4.67. The molecule has 0 unspecified atom stereocenters. The van der Waals surface area contributed by atoms with E-state index in [0.717, 1.165) is 18.5 Å². The number of aliphatic carboxylic acids is 1. The molecule has 3 rings (SSSR count). The van der Waals surface area contributed by atoms with Gasteiger partial charge in [-0.3, -0.25) is 9.69 Å². The standard InChI is InChI=1S/C16H20N2O3/c1-11-13(15(19)20)6-4-9-17(11)16(21)18-10-8-12-5-2-3-7-14(12)18/h2-3,5,7,11,13H,4,6,8-10H2,1H3,(H,19,20)/t11-,13-/m1/s1. The number of anilines is 1. The van der Waals surface area contributed by atoms with Gasteiger partial charge in [-0.2, -0.15) is 0 Å². The fourth-order valence-corrected chi connectivity index (χ4v) is 3.44. The number of carbonyl (C=O) groups excluding carboxylic acids is 1. The smallest absolute Gasteiger partial charge is 0.324 e. The van der Waals surface area contributed by atoms with Gasteiger partial charge in [0.05, 0.1) is 5.92 Å². The molecular formula is C16H20N2O3. The highest BCUT2D eigenvalue weighted by Crippen LogP contribution is 2.31. The molecule has 1 aromatic carbocycles. The monoisotopic (exact) mass is 288 g/mol. The van der Waals surface area contributed by atoms with E-state index in [4.69, 9.17) is 0 Å². The van der Waals surface area contributed by atoms with Crippen LogP contribution < -0.4 is 4.90 Å². The highest BCUT2D eigenvalue weighted by molar-refractivity contribution is 5.94. The van der Waals surface area contributed by atoms with Crippen molar-refractivity contribution in [3.63, 3.8) is 0 Å². The summed E-state index contributed by atoms with van der Waals surface area (Å²) in [5, 5.41) is 9.28. The number of amides is 2. The molecule has 0 aliphatic carbocycles. The molecule has 0 saturated carbocycles. The van der Waals surface area contributed by atoms with Crippen molar-refractivity contribution in [1.29, 1.82) is 0 Å². The van der Waals surface area contributed by atoms with Crippen molar-refractivity contribution in [2.24, 2.45) is 5.92 Å². The predicted molar refractivity (Wildman–Crippen MR) is 79.4 cm³/mol. The van der Waals surface area contributed by atoms with Gasteiger partial charge in [0.15, 0.2) is 0 Å². The summed E-state index contributed by atoms with van der Waals surface area (Å²) in [6.45, 7) is 3.17. The zero-order valence-electron chi connectivity index (χ0n) is 12.2. The van der Waals surface area contributed by atoms with Gasteiger partial charge in [-0.15, -0.1) is 0 Å². The lowest BCUT2D eigenvalue weighted by atomic mass is 9.90. The Kier molecular flexibility index (Phi) is 3.57. The summed E-state index contributed by atoms with van der Waals surface area (Å²) in [4.78, 5) is 27.6. The van der Waals surface area contributed by atoms with Crippen molar-refractivity contribution in [3.05, 3.63) is 29.8 Å². The van der Waals surface area contributed by atoms with Crippen LogP contribution >= 0.6 is 0 Å². The van der Waals surface area contributed by atoms with Gasteiger partial charge in [-0.1, -0.05) is 18.2 Å². The number of hydrogen-bond donors (Lipinski definition) is 1. The van der Waals surface area contributed by atoms with Gasteiger partial charge in [0.25, 0.3) is 0 Å². The minimum Gasteiger partial charge on any atom is -0.481 e. The van der Waals surface area contributed by atoms with Crippen molar-refractivity contribution in [1.82, 2.24) is 4.90 Å². The lowest BCUT2D eigenvalue weighted by Crippen LogP contribution is -2.53. The van der Waals surface area contributed by atoms with E-state index < -0.39 is 11.9 Å². The third kappa shape index (κ3) is 2.37. The van der Waals surface area contributed by atoms with Crippen molar-refractivity contribution in [3.8, 4) is 0 Å². The van der Waals surface area contributed by atoms with E-state index in [1.165, 1.54) is 5.56 Å². The van der Waals surface area contributed by atoms with E-state index in [0.29, 0.717) is 19.5 Å². The number of nitrogens with zero attached hydrogens (tertiary/aromatic N) is 2. The number of fused-ring (bicyclic) bond motifs is 1. The van der Waals surface area contributed by atoms with Gasteiger partial charge in [-0.05, 0) is 37.8 Å². The maximum atomic E-state index is 12.8. The van der Waals surface area contributed by atoms with E-state index in [9.17, 15) is 14.7 Å². The molecule has 1 saturated heterocycles. The SMILES string of the molecule is C[C@@H]1[C@H](C(=O)O)CCCN1C(=O)N1CCc2ccccc21. The summed E-state index contributed by atoms with van der Waals surface area (Å²) in [5.74, 6) is -1.26. The number of rotatable bonds is 1. The average molecular weight is 288 g/mol. The van der Waals surface area contributed by atoms with Crippen LogP contribution in [0.15, 0.2) is 24.3 Å². The summed E-state index contributed by atoms with van der Waals surface area (Å²) in [6.07, 6.45) is 2.27. The molecule has 2 heterocycles. The maximum Gasteiger partial charge on any atom is 0.324 e.